The largest absolute Gasteiger partial charge is 0.496 e. The number of hydrogen-bond acceptors (Lipinski definition) is 3. The van der Waals surface area contributed by atoms with E-state index in [9.17, 15) is 0 Å². The molecule has 3 nitrogen and oxygen atoms in total. The van der Waals surface area contributed by atoms with E-state index in [1.165, 1.54) is 31.2 Å². The molecule has 1 aliphatic carbocycles. The number of ether oxygens (including phenoxy) is 2. The standard InChI is InChI=1S/C18H29NO2/c1-13(15-7-5-6-8-15)19-14(2)16-9-10-18(21-4)17(11-16)12-20-3/h9-11,13-15,19H,5-8,12H2,1-4H3/t13-,14?/m0/s1. The Bertz CT molecular complexity index is 441. The zero-order valence-electron chi connectivity index (χ0n) is 13.8. The van der Waals surface area contributed by atoms with Crippen LogP contribution in [-0.4, -0.2) is 20.3 Å². The van der Waals surface area contributed by atoms with Gasteiger partial charge < -0.3 is 14.8 Å². The van der Waals surface area contributed by atoms with Gasteiger partial charge in [-0.3, -0.25) is 0 Å². The summed E-state index contributed by atoms with van der Waals surface area (Å²) in [6, 6.07) is 7.32. The van der Waals surface area contributed by atoms with Crippen molar-refractivity contribution in [2.24, 2.45) is 5.92 Å². The van der Waals surface area contributed by atoms with E-state index in [0.29, 0.717) is 18.7 Å². The zero-order valence-corrected chi connectivity index (χ0v) is 13.8. The Morgan fingerprint density at radius 3 is 2.52 bits per heavy atom. The molecule has 0 heterocycles. The van der Waals surface area contributed by atoms with E-state index < -0.39 is 0 Å². The highest BCUT2D eigenvalue weighted by molar-refractivity contribution is 5.38. The van der Waals surface area contributed by atoms with Crippen LogP contribution in [0.3, 0.4) is 0 Å². The summed E-state index contributed by atoms with van der Waals surface area (Å²) in [4.78, 5) is 0. The van der Waals surface area contributed by atoms with Gasteiger partial charge >= 0.3 is 0 Å². The minimum absolute atomic E-state index is 0.349. The molecule has 1 fully saturated rings. The molecule has 0 spiro atoms. The third-order valence-corrected chi connectivity index (χ3v) is 4.72. The second-order valence-corrected chi connectivity index (χ2v) is 6.23. The van der Waals surface area contributed by atoms with E-state index >= 15 is 0 Å². The maximum atomic E-state index is 5.39. The minimum atomic E-state index is 0.349. The van der Waals surface area contributed by atoms with Crippen LogP contribution < -0.4 is 10.1 Å². The fourth-order valence-electron chi connectivity index (χ4n) is 3.42. The van der Waals surface area contributed by atoms with Crippen LogP contribution in [0.4, 0.5) is 0 Å². The van der Waals surface area contributed by atoms with Gasteiger partial charge in [0.2, 0.25) is 0 Å². The van der Waals surface area contributed by atoms with Crippen molar-refractivity contribution < 1.29 is 9.47 Å². The molecule has 2 rings (SSSR count). The van der Waals surface area contributed by atoms with Crippen molar-refractivity contribution in [1.82, 2.24) is 5.32 Å². The Morgan fingerprint density at radius 1 is 1.19 bits per heavy atom. The van der Waals surface area contributed by atoms with Gasteiger partial charge in [-0.1, -0.05) is 18.9 Å². The van der Waals surface area contributed by atoms with Crippen LogP contribution in [0, 0.1) is 5.92 Å². The van der Waals surface area contributed by atoms with Gasteiger partial charge in [-0.15, -0.1) is 0 Å². The van der Waals surface area contributed by atoms with E-state index in [0.717, 1.165) is 17.2 Å². The summed E-state index contributed by atoms with van der Waals surface area (Å²) in [5, 5.41) is 3.76. The first kappa shape index (κ1) is 16.3. The molecule has 0 bridgehead atoms. The number of rotatable bonds is 7. The molecule has 1 unspecified atom stereocenters. The normalized spacial score (nSPS) is 18.7. The molecule has 1 N–H and O–H groups in total. The van der Waals surface area contributed by atoms with Crippen LogP contribution in [0.1, 0.15) is 56.7 Å². The molecule has 3 heteroatoms. The van der Waals surface area contributed by atoms with Crippen LogP contribution in [-0.2, 0) is 11.3 Å². The summed E-state index contributed by atoms with van der Waals surface area (Å²) in [6.07, 6.45) is 5.54. The highest BCUT2D eigenvalue weighted by atomic mass is 16.5. The van der Waals surface area contributed by atoms with Gasteiger partial charge in [0, 0.05) is 24.8 Å². The van der Waals surface area contributed by atoms with Crippen molar-refractivity contribution in [2.45, 2.75) is 58.2 Å². The highest BCUT2D eigenvalue weighted by Gasteiger charge is 2.23. The predicted octanol–water partition coefficient (Wildman–Crippen LogP) is 4.07. The van der Waals surface area contributed by atoms with Crippen molar-refractivity contribution in [2.75, 3.05) is 14.2 Å². The number of hydrogen-bond donors (Lipinski definition) is 1. The van der Waals surface area contributed by atoms with Crippen LogP contribution in [0.15, 0.2) is 18.2 Å². The first-order valence-corrected chi connectivity index (χ1v) is 8.07. The molecule has 1 aromatic rings. The molecular formula is C18H29NO2. The lowest BCUT2D eigenvalue weighted by Gasteiger charge is -2.25. The molecular weight excluding hydrogens is 262 g/mol. The molecule has 0 aliphatic heterocycles. The van der Waals surface area contributed by atoms with Crippen molar-refractivity contribution in [3.05, 3.63) is 29.3 Å². The van der Waals surface area contributed by atoms with E-state index in [1.807, 2.05) is 6.07 Å². The van der Waals surface area contributed by atoms with E-state index in [2.05, 4.69) is 31.3 Å². The first-order valence-electron chi connectivity index (χ1n) is 8.07. The fraction of sp³-hybridized carbons (Fsp3) is 0.667. The highest BCUT2D eigenvalue weighted by Crippen LogP contribution is 2.29. The summed E-state index contributed by atoms with van der Waals surface area (Å²) in [5.41, 5.74) is 2.41. The second kappa shape index (κ2) is 7.81. The number of benzene rings is 1. The Balaban J connectivity index is 2.03. The van der Waals surface area contributed by atoms with Gasteiger partial charge in [-0.2, -0.15) is 0 Å². The lowest BCUT2D eigenvalue weighted by Crippen LogP contribution is -2.34. The predicted molar refractivity (Wildman–Crippen MR) is 86.7 cm³/mol. The molecule has 0 radical (unpaired) electrons. The molecule has 1 saturated carbocycles. The maximum Gasteiger partial charge on any atom is 0.124 e. The summed E-state index contributed by atoms with van der Waals surface area (Å²) >= 11 is 0. The quantitative estimate of drug-likeness (QED) is 0.821. The van der Waals surface area contributed by atoms with Crippen LogP contribution in [0.5, 0.6) is 5.75 Å². The zero-order chi connectivity index (χ0) is 15.2. The van der Waals surface area contributed by atoms with Crippen LogP contribution >= 0.6 is 0 Å². The van der Waals surface area contributed by atoms with Gasteiger partial charge in [0.05, 0.1) is 13.7 Å². The minimum Gasteiger partial charge on any atom is -0.496 e. The van der Waals surface area contributed by atoms with Crippen molar-refractivity contribution in [1.29, 1.82) is 0 Å². The smallest absolute Gasteiger partial charge is 0.124 e. The van der Waals surface area contributed by atoms with Gasteiger partial charge in [-0.25, -0.2) is 0 Å². The summed E-state index contributed by atoms with van der Waals surface area (Å²) < 4.78 is 10.7. The molecule has 2 atom stereocenters. The van der Waals surface area contributed by atoms with Gasteiger partial charge in [0.15, 0.2) is 0 Å². The molecule has 0 amide bonds. The van der Waals surface area contributed by atoms with Gasteiger partial charge in [-0.05, 0) is 50.3 Å². The second-order valence-electron chi connectivity index (χ2n) is 6.23. The molecule has 0 aromatic heterocycles. The topological polar surface area (TPSA) is 30.5 Å². The molecule has 21 heavy (non-hydrogen) atoms. The van der Waals surface area contributed by atoms with E-state index in [4.69, 9.17) is 9.47 Å². The van der Waals surface area contributed by atoms with Crippen molar-refractivity contribution in [3.8, 4) is 5.75 Å². The number of nitrogens with one attached hydrogen (secondary N) is 1. The average Bonchev–Trinajstić information content (AvgIpc) is 3.01. The molecule has 1 aliphatic rings. The summed E-state index contributed by atoms with van der Waals surface area (Å²) in [6.45, 7) is 5.15. The monoisotopic (exact) mass is 291 g/mol. The molecule has 1 aromatic carbocycles. The maximum absolute atomic E-state index is 5.39. The van der Waals surface area contributed by atoms with Crippen molar-refractivity contribution in [3.63, 3.8) is 0 Å². The summed E-state index contributed by atoms with van der Waals surface area (Å²) in [7, 11) is 3.42. The SMILES string of the molecule is COCc1cc(C(C)N[C@@H](C)C2CCCC2)ccc1OC. The number of methoxy groups -OCH3 is 2. The van der Waals surface area contributed by atoms with Crippen LogP contribution in [0.2, 0.25) is 0 Å². The van der Waals surface area contributed by atoms with Crippen LogP contribution in [0.25, 0.3) is 0 Å². The first-order chi connectivity index (χ1) is 10.2. The van der Waals surface area contributed by atoms with E-state index in [1.54, 1.807) is 14.2 Å². The Labute approximate surface area is 129 Å². The third-order valence-electron chi connectivity index (χ3n) is 4.72. The Hall–Kier alpha value is -1.06. The lowest BCUT2D eigenvalue weighted by atomic mass is 9.97. The van der Waals surface area contributed by atoms with Crippen molar-refractivity contribution >= 4 is 0 Å². The Kier molecular flexibility index (Phi) is 6.07. The lowest BCUT2D eigenvalue weighted by molar-refractivity contribution is 0.181. The Morgan fingerprint density at radius 2 is 1.90 bits per heavy atom. The molecule has 0 saturated heterocycles. The van der Waals surface area contributed by atoms with Gasteiger partial charge in [0.25, 0.3) is 0 Å². The van der Waals surface area contributed by atoms with Gasteiger partial charge in [0.1, 0.15) is 5.75 Å². The average molecular weight is 291 g/mol. The third kappa shape index (κ3) is 4.21. The van der Waals surface area contributed by atoms with E-state index in [-0.39, 0.29) is 0 Å². The summed E-state index contributed by atoms with van der Waals surface area (Å²) in [5.74, 6) is 1.74. The molecule has 118 valence electrons. The fourth-order valence-corrected chi connectivity index (χ4v) is 3.42.